The highest BCUT2D eigenvalue weighted by atomic mass is 35.5. The van der Waals surface area contributed by atoms with Crippen molar-refractivity contribution < 1.29 is 22.8 Å². The Balaban J connectivity index is 1.93. The first kappa shape index (κ1) is 17.6. The van der Waals surface area contributed by atoms with Gasteiger partial charge >= 0.3 is 0 Å². The fourth-order valence-electron chi connectivity index (χ4n) is 2.48. The van der Waals surface area contributed by atoms with Gasteiger partial charge in [-0.3, -0.25) is 9.59 Å². The predicted octanol–water partition coefficient (Wildman–Crippen LogP) is 2.45. The van der Waals surface area contributed by atoms with Crippen molar-refractivity contribution in [1.82, 2.24) is 10.2 Å². The number of likely N-dealkylation sites (tertiary alicyclic amines) is 1. The van der Waals surface area contributed by atoms with Gasteiger partial charge in [-0.05, 0) is 25.0 Å². The summed E-state index contributed by atoms with van der Waals surface area (Å²) in [5, 5.41) is 2.58. The summed E-state index contributed by atoms with van der Waals surface area (Å²) < 4.78 is 39.6. The highest BCUT2D eigenvalue weighted by molar-refractivity contribution is 6.18. The van der Waals surface area contributed by atoms with Crippen molar-refractivity contribution in [1.29, 1.82) is 0 Å². The summed E-state index contributed by atoms with van der Waals surface area (Å²) >= 11 is 5.52. The summed E-state index contributed by atoms with van der Waals surface area (Å²) in [4.78, 5) is 25.3. The maximum absolute atomic E-state index is 13.6. The molecule has 0 spiro atoms. The number of hydrogen-bond donors (Lipinski definition) is 1. The molecule has 0 aliphatic carbocycles. The SMILES string of the molecule is O=C(NC1CCN(C(=O)CCCl)CC1)c1ccc(F)c(F)c1F. The molecular weight excluding hydrogens is 333 g/mol. The van der Waals surface area contributed by atoms with Gasteiger partial charge < -0.3 is 10.2 Å². The van der Waals surface area contributed by atoms with Crippen LogP contribution in [0.2, 0.25) is 0 Å². The Morgan fingerprint density at radius 1 is 1.17 bits per heavy atom. The molecule has 0 unspecified atom stereocenters. The molecule has 4 nitrogen and oxygen atoms in total. The van der Waals surface area contributed by atoms with Crippen molar-refractivity contribution in [2.24, 2.45) is 0 Å². The first-order valence-corrected chi connectivity index (χ1v) is 7.75. The highest BCUT2D eigenvalue weighted by Crippen LogP contribution is 2.17. The van der Waals surface area contributed by atoms with Crippen LogP contribution in [0.25, 0.3) is 0 Å². The third kappa shape index (κ3) is 4.16. The van der Waals surface area contributed by atoms with Crippen molar-refractivity contribution in [3.05, 3.63) is 35.1 Å². The molecule has 1 N–H and O–H groups in total. The number of nitrogens with one attached hydrogen (secondary N) is 1. The summed E-state index contributed by atoms with van der Waals surface area (Å²) in [6.07, 6.45) is 1.27. The van der Waals surface area contributed by atoms with Crippen LogP contribution in [0.5, 0.6) is 0 Å². The van der Waals surface area contributed by atoms with E-state index in [1.807, 2.05) is 0 Å². The predicted molar refractivity (Wildman–Crippen MR) is 78.7 cm³/mol. The lowest BCUT2D eigenvalue weighted by Gasteiger charge is -2.32. The second-order valence-corrected chi connectivity index (χ2v) is 5.67. The lowest BCUT2D eigenvalue weighted by Crippen LogP contribution is -2.46. The van der Waals surface area contributed by atoms with Crippen LogP contribution in [0.15, 0.2) is 12.1 Å². The van der Waals surface area contributed by atoms with Crippen molar-refractivity contribution in [3.63, 3.8) is 0 Å². The maximum atomic E-state index is 13.6. The van der Waals surface area contributed by atoms with Crippen molar-refractivity contribution >= 4 is 23.4 Å². The molecule has 2 rings (SSSR count). The third-order valence-electron chi connectivity index (χ3n) is 3.77. The van der Waals surface area contributed by atoms with Gasteiger partial charge in [-0.25, -0.2) is 13.2 Å². The molecule has 1 aliphatic rings. The van der Waals surface area contributed by atoms with Crippen LogP contribution in [0.4, 0.5) is 13.2 Å². The van der Waals surface area contributed by atoms with Gasteiger partial charge in [-0.15, -0.1) is 11.6 Å². The Morgan fingerprint density at radius 2 is 1.83 bits per heavy atom. The van der Waals surface area contributed by atoms with E-state index in [4.69, 9.17) is 11.6 Å². The van der Waals surface area contributed by atoms with E-state index in [-0.39, 0.29) is 24.2 Å². The van der Waals surface area contributed by atoms with Gasteiger partial charge in [-0.1, -0.05) is 0 Å². The fraction of sp³-hybridized carbons (Fsp3) is 0.467. The zero-order chi connectivity index (χ0) is 17.0. The molecule has 2 amide bonds. The quantitative estimate of drug-likeness (QED) is 0.671. The van der Waals surface area contributed by atoms with Crippen LogP contribution in [0, 0.1) is 17.5 Å². The third-order valence-corrected chi connectivity index (χ3v) is 3.96. The molecule has 1 aromatic rings. The van der Waals surface area contributed by atoms with E-state index in [0.29, 0.717) is 32.0 Å². The molecule has 0 radical (unpaired) electrons. The standard InChI is InChI=1S/C15H16ClF3N2O2/c16-6-3-12(22)21-7-4-9(5-8-21)20-15(23)10-1-2-11(17)14(19)13(10)18/h1-2,9H,3-8H2,(H,20,23). The van der Waals surface area contributed by atoms with E-state index in [1.165, 1.54) is 0 Å². The second kappa shape index (κ2) is 7.68. The average molecular weight is 349 g/mol. The minimum absolute atomic E-state index is 0.0450. The molecule has 8 heteroatoms. The molecule has 0 saturated carbocycles. The largest absolute Gasteiger partial charge is 0.349 e. The van der Waals surface area contributed by atoms with Gasteiger partial charge in [-0.2, -0.15) is 0 Å². The Hall–Kier alpha value is -1.76. The lowest BCUT2D eigenvalue weighted by molar-refractivity contribution is -0.131. The van der Waals surface area contributed by atoms with Crippen LogP contribution < -0.4 is 5.32 Å². The molecule has 1 saturated heterocycles. The van der Waals surface area contributed by atoms with E-state index in [0.717, 1.165) is 6.07 Å². The number of carbonyl (C=O) groups excluding carboxylic acids is 2. The Kier molecular flexibility index (Phi) is 5.87. The Labute approximate surface area is 136 Å². The second-order valence-electron chi connectivity index (χ2n) is 5.29. The molecule has 0 bridgehead atoms. The van der Waals surface area contributed by atoms with Crippen molar-refractivity contribution in [2.75, 3.05) is 19.0 Å². The number of amides is 2. The van der Waals surface area contributed by atoms with Gasteiger partial charge in [0.2, 0.25) is 5.91 Å². The first-order chi connectivity index (χ1) is 10.9. The molecular formula is C15H16ClF3N2O2. The first-order valence-electron chi connectivity index (χ1n) is 7.22. The zero-order valence-corrected chi connectivity index (χ0v) is 13.0. The van der Waals surface area contributed by atoms with Crippen LogP contribution in [0.1, 0.15) is 29.6 Å². The van der Waals surface area contributed by atoms with Crippen molar-refractivity contribution in [3.8, 4) is 0 Å². The summed E-state index contributed by atoms with van der Waals surface area (Å²) in [6.45, 7) is 0.919. The van der Waals surface area contributed by atoms with E-state index in [9.17, 15) is 22.8 Å². The highest BCUT2D eigenvalue weighted by Gasteiger charge is 2.25. The molecule has 1 fully saturated rings. The normalized spacial score (nSPS) is 15.6. The number of nitrogens with zero attached hydrogens (tertiary/aromatic N) is 1. The van der Waals surface area contributed by atoms with Crippen LogP contribution in [-0.4, -0.2) is 41.7 Å². The van der Waals surface area contributed by atoms with Gasteiger partial charge in [0.05, 0.1) is 5.56 Å². The molecule has 23 heavy (non-hydrogen) atoms. The Bertz CT molecular complexity index is 605. The summed E-state index contributed by atoms with van der Waals surface area (Å²) in [6, 6.07) is 1.36. The van der Waals surface area contributed by atoms with E-state index in [1.54, 1.807) is 4.90 Å². The number of piperidine rings is 1. The average Bonchev–Trinajstić information content (AvgIpc) is 2.53. The van der Waals surface area contributed by atoms with Crippen LogP contribution >= 0.6 is 11.6 Å². The van der Waals surface area contributed by atoms with Crippen LogP contribution in [0.3, 0.4) is 0 Å². The van der Waals surface area contributed by atoms with Gasteiger partial charge in [0.25, 0.3) is 5.91 Å². The van der Waals surface area contributed by atoms with E-state index < -0.39 is 28.9 Å². The lowest BCUT2D eigenvalue weighted by atomic mass is 10.0. The smallest absolute Gasteiger partial charge is 0.254 e. The van der Waals surface area contributed by atoms with E-state index in [2.05, 4.69) is 5.32 Å². The molecule has 0 atom stereocenters. The van der Waals surface area contributed by atoms with Gasteiger partial charge in [0.1, 0.15) is 0 Å². The van der Waals surface area contributed by atoms with E-state index >= 15 is 0 Å². The summed E-state index contributed by atoms with van der Waals surface area (Å²) in [7, 11) is 0. The minimum atomic E-state index is -1.67. The zero-order valence-electron chi connectivity index (χ0n) is 12.3. The Morgan fingerprint density at radius 3 is 2.43 bits per heavy atom. The fourth-order valence-corrected chi connectivity index (χ4v) is 2.64. The van der Waals surface area contributed by atoms with Gasteiger partial charge in [0.15, 0.2) is 17.5 Å². The van der Waals surface area contributed by atoms with Gasteiger partial charge in [0, 0.05) is 31.4 Å². The topological polar surface area (TPSA) is 49.4 Å². The molecule has 1 aromatic carbocycles. The minimum Gasteiger partial charge on any atom is -0.349 e. The monoisotopic (exact) mass is 348 g/mol. The number of benzene rings is 1. The molecule has 1 aliphatic heterocycles. The molecule has 1 heterocycles. The number of carbonyl (C=O) groups is 2. The number of alkyl halides is 1. The molecule has 0 aromatic heterocycles. The van der Waals surface area contributed by atoms with Crippen molar-refractivity contribution in [2.45, 2.75) is 25.3 Å². The molecule has 126 valence electrons. The maximum Gasteiger partial charge on any atom is 0.254 e. The van der Waals surface area contributed by atoms with Crippen LogP contribution in [-0.2, 0) is 4.79 Å². The number of halogens is 4. The number of hydrogen-bond acceptors (Lipinski definition) is 2. The number of rotatable bonds is 4. The summed E-state index contributed by atoms with van der Waals surface area (Å²) in [5.41, 5.74) is -0.537. The summed E-state index contributed by atoms with van der Waals surface area (Å²) in [5.74, 6) is -5.10.